The molecule has 0 spiro atoms. The molecule has 35 heavy (non-hydrogen) atoms. The summed E-state index contributed by atoms with van der Waals surface area (Å²) < 4.78 is 11.1. The second kappa shape index (κ2) is 18.4. The number of ether oxygens (including phenoxy) is 2. The highest BCUT2D eigenvalue weighted by molar-refractivity contribution is 5.90. The third-order valence-electron chi connectivity index (χ3n) is 5.73. The van der Waals surface area contributed by atoms with Crippen molar-refractivity contribution in [1.82, 2.24) is 0 Å². The van der Waals surface area contributed by atoms with E-state index >= 15 is 0 Å². The van der Waals surface area contributed by atoms with Gasteiger partial charge in [0, 0.05) is 6.42 Å². The molecule has 0 aliphatic heterocycles. The van der Waals surface area contributed by atoms with Crippen LogP contribution in [0.3, 0.4) is 0 Å². The molecule has 0 aromatic heterocycles. The molecule has 4 heteroatoms. The molecule has 2 aromatic rings. The van der Waals surface area contributed by atoms with Gasteiger partial charge in [-0.05, 0) is 56.4 Å². The van der Waals surface area contributed by atoms with Crippen molar-refractivity contribution in [1.29, 1.82) is 0 Å². The molecular formula is C31H44O4. The van der Waals surface area contributed by atoms with Gasteiger partial charge < -0.3 is 9.47 Å². The maximum Gasteiger partial charge on any atom is 0.338 e. The van der Waals surface area contributed by atoms with Crippen molar-refractivity contribution in [3.8, 4) is 0 Å². The maximum absolute atomic E-state index is 12.2. The molecule has 0 heterocycles. The van der Waals surface area contributed by atoms with Crippen molar-refractivity contribution < 1.29 is 19.1 Å². The summed E-state index contributed by atoms with van der Waals surface area (Å²) in [5.74, 6) is 0.0725. The molecule has 3 unspecified atom stereocenters. The maximum atomic E-state index is 12.2. The number of hydrogen-bond donors (Lipinski definition) is 0. The van der Waals surface area contributed by atoms with Gasteiger partial charge in [-0.3, -0.25) is 0 Å². The van der Waals surface area contributed by atoms with Gasteiger partial charge >= 0.3 is 11.9 Å². The number of allylic oxidation sites excluding steroid dienone is 1. The Morgan fingerprint density at radius 3 is 1.74 bits per heavy atom. The molecule has 0 aliphatic rings. The lowest BCUT2D eigenvalue weighted by Crippen LogP contribution is -2.25. The summed E-state index contributed by atoms with van der Waals surface area (Å²) in [7, 11) is 0. The second-order valence-corrected chi connectivity index (χ2v) is 8.93. The summed E-state index contributed by atoms with van der Waals surface area (Å²) in [5.41, 5.74) is 1.04. The Kier molecular flexibility index (Phi) is 15.9. The zero-order valence-electron chi connectivity index (χ0n) is 22.1. The number of benzene rings is 2. The smallest absolute Gasteiger partial charge is 0.338 e. The van der Waals surface area contributed by atoms with E-state index in [0.29, 0.717) is 17.5 Å². The van der Waals surface area contributed by atoms with Crippen molar-refractivity contribution in [2.75, 3.05) is 0 Å². The van der Waals surface area contributed by atoms with Gasteiger partial charge in [0.05, 0.1) is 11.1 Å². The number of rotatable bonds is 14. The second-order valence-electron chi connectivity index (χ2n) is 8.93. The summed E-state index contributed by atoms with van der Waals surface area (Å²) in [6.07, 6.45) is 10.2. The molecule has 3 atom stereocenters. The van der Waals surface area contributed by atoms with E-state index in [4.69, 9.17) is 9.47 Å². The first-order valence-corrected chi connectivity index (χ1v) is 13.1. The van der Waals surface area contributed by atoms with Gasteiger partial charge in [0.1, 0.15) is 12.2 Å². The van der Waals surface area contributed by atoms with Crippen molar-refractivity contribution in [2.45, 2.75) is 91.3 Å². The van der Waals surface area contributed by atoms with Crippen LogP contribution in [0.4, 0.5) is 0 Å². The van der Waals surface area contributed by atoms with Crippen LogP contribution in [0, 0.1) is 5.92 Å². The zero-order chi connectivity index (χ0) is 25.9. The Labute approximate surface area is 212 Å². The average Bonchev–Trinajstić information content (AvgIpc) is 2.88. The minimum absolute atomic E-state index is 0.281. The third kappa shape index (κ3) is 13.0. The van der Waals surface area contributed by atoms with Crippen LogP contribution in [0.1, 0.15) is 99.8 Å². The molecule has 192 valence electrons. The van der Waals surface area contributed by atoms with E-state index in [-0.39, 0.29) is 24.1 Å². The molecule has 0 saturated carbocycles. The normalized spacial score (nSPS) is 12.9. The molecule has 0 N–H and O–H groups in total. The Morgan fingerprint density at radius 1 is 0.771 bits per heavy atom. The van der Waals surface area contributed by atoms with E-state index in [0.717, 1.165) is 18.8 Å². The highest BCUT2D eigenvalue weighted by Crippen LogP contribution is 2.16. The Hall–Kier alpha value is -2.88. The SMILES string of the molecule is C=CC(CCC)CCCC.CCCC(CC(C)OC(=O)c1ccccc1)OC(=O)c1ccccc1. The molecular weight excluding hydrogens is 436 g/mol. The minimum Gasteiger partial charge on any atom is -0.459 e. The molecule has 0 saturated heterocycles. The van der Waals surface area contributed by atoms with Crippen molar-refractivity contribution in [2.24, 2.45) is 5.92 Å². The molecule has 0 amide bonds. The molecule has 0 radical (unpaired) electrons. The monoisotopic (exact) mass is 480 g/mol. The van der Waals surface area contributed by atoms with Crippen LogP contribution in [0.25, 0.3) is 0 Å². The number of carbonyl (C=O) groups excluding carboxylic acids is 2. The fraction of sp³-hybridized carbons (Fsp3) is 0.484. The summed E-state index contributed by atoms with van der Waals surface area (Å²) in [4.78, 5) is 24.3. The highest BCUT2D eigenvalue weighted by atomic mass is 16.6. The van der Waals surface area contributed by atoms with Crippen molar-refractivity contribution in [3.05, 3.63) is 84.4 Å². The predicted octanol–water partition coefficient (Wildman–Crippen LogP) is 8.43. The van der Waals surface area contributed by atoms with Crippen LogP contribution in [0.5, 0.6) is 0 Å². The van der Waals surface area contributed by atoms with Gasteiger partial charge in [-0.25, -0.2) is 9.59 Å². The molecule has 4 nitrogen and oxygen atoms in total. The van der Waals surface area contributed by atoms with Crippen LogP contribution >= 0.6 is 0 Å². The number of carbonyl (C=O) groups is 2. The highest BCUT2D eigenvalue weighted by Gasteiger charge is 2.21. The van der Waals surface area contributed by atoms with Gasteiger partial charge in [0.15, 0.2) is 0 Å². The Bertz CT molecular complexity index is 832. The Balaban J connectivity index is 0.000000518. The van der Waals surface area contributed by atoms with Crippen molar-refractivity contribution >= 4 is 11.9 Å². The summed E-state index contributed by atoms with van der Waals surface area (Å²) in [6, 6.07) is 17.8. The lowest BCUT2D eigenvalue weighted by molar-refractivity contribution is 0.00162. The van der Waals surface area contributed by atoms with E-state index in [1.165, 1.54) is 32.1 Å². The quantitative estimate of drug-likeness (QED) is 0.201. The minimum atomic E-state index is -0.363. The zero-order valence-corrected chi connectivity index (χ0v) is 22.1. The first-order valence-electron chi connectivity index (χ1n) is 13.1. The van der Waals surface area contributed by atoms with Crippen LogP contribution in [0.2, 0.25) is 0 Å². The molecule has 2 aromatic carbocycles. The lowest BCUT2D eigenvalue weighted by atomic mass is 9.98. The van der Waals surface area contributed by atoms with Crippen LogP contribution in [-0.4, -0.2) is 24.1 Å². The molecule has 2 rings (SSSR count). The van der Waals surface area contributed by atoms with E-state index < -0.39 is 0 Å². The summed E-state index contributed by atoms with van der Waals surface area (Å²) >= 11 is 0. The van der Waals surface area contributed by atoms with Crippen LogP contribution < -0.4 is 0 Å². The molecule has 0 fully saturated rings. The average molecular weight is 481 g/mol. The fourth-order valence-corrected chi connectivity index (χ4v) is 3.80. The van der Waals surface area contributed by atoms with Gasteiger partial charge in [-0.15, -0.1) is 6.58 Å². The first-order chi connectivity index (χ1) is 16.9. The van der Waals surface area contributed by atoms with Gasteiger partial charge in [0.25, 0.3) is 0 Å². The molecule has 0 bridgehead atoms. The van der Waals surface area contributed by atoms with E-state index in [2.05, 4.69) is 26.5 Å². The number of unbranched alkanes of at least 4 members (excludes halogenated alkanes) is 1. The standard InChI is InChI=1S/C21H24O4.C10H20/c1-3-10-19(25-21(23)18-13-8-5-9-14-18)15-16(2)24-20(22)17-11-6-4-7-12-17;1-4-7-9-10(6-3)8-5-2/h4-9,11-14,16,19H,3,10,15H2,1-2H3;6,10H,3-5,7-9H2,1-2H3. The van der Waals surface area contributed by atoms with Gasteiger partial charge in [-0.1, -0.05) is 88.9 Å². The number of esters is 2. The van der Waals surface area contributed by atoms with E-state index in [9.17, 15) is 9.59 Å². The predicted molar refractivity (Wildman–Crippen MR) is 145 cm³/mol. The summed E-state index contributed by atoms with van der Waals surface area (Å²) in [6.45, 7) is 12.2. The van der Waals surface area contributed by atoms with Crippen molar-refractivity contribution in [3.63, 3.8) is 0 Å². The Morgan fingerprint density at radius 2 is 1.29 bits per heavy atom. The third-order valence-corrected chi connectivity index (χ3v) is 5.73. The number of hydrogen-bond acceptors (Lipinski definition) is 4. The van der Waals surface area contributed by atoms with Crippen LogP contribution in [0.15, 0.2) is 73.3 Å². The molecule has 0 aliphatic carbocycles. The van der Waals surface area contributed by atoms with E-state index in [1.54, 1.807) is 48.5 Å². The van der Waals surface area contributed by atoms with Gasteiger partial charge in [0.2, 0.25) is 0 Å². The summed E-state index contributed by atoms with van der Waals surface area (Å²) in [5, 5.41) is 0. The lowest BCUT2D eigenvalue weighted by Gasteiger charge is -2.21. The van der Waals surface area contributed by atoms with E-state index in [1.807, 2.05) is 26.0 Å². The first kappa shape index (κ1) is 30.2. The van der Waals surface area contributed by atoms with Gasteiger partial charge in [-0.2, -0.15) is 0 Å². The topological polar surface area (TPSA) is 52.6 Å². The van der Waals surface area contributed by atoms with Crippen LogP contribution in [-0.2, 0) is 9.47 Å². The largest absolute Gasteiger partial charge is 0.459 e. The fourth-order valence-electron chi connectivity index (χ4n) is 3.80.